The summed E-state index contributed by atoms with van der Waals surface area (Å²) in [5.41, 5.74) is 2.74. The second-order valence-electron chi connectivity index (χ2n) is 5.06. The van der Waals surface area contributed by atoms with Gasteiger partial charge in [-0.15, -0.1) is 12.6 Å². The van der Waals surface area contributed by atoms with Crippen LogP contribution in [0.2, 0.25) is 0 Å². The van der Waals surface area contributed by atoms with Crippen LogP contribution in [0, 0.1) is 11.3 Å². The minimum absolute atomic E-state index is 0.679. The number of nitriles is 1. The molecule has 0 aliphatic rings. The predicted molar refractivity (Wildman–Crippen MR) is 90.5 cm³/mol. The first-order valence-corrected chi connectivity index (χ1v) is 7.31. The molecule has 0 fully saturated rings. The largest absolute Gasteiger partial charge is 0.304 e. The van der Waals surface area contributed by atoms with Gasteiger partial charge in [-0.2, -0.15) is 5.26 Å². The number of pyridine rings is 1. The minimum atomic E-state index is 0.679. The Balaban J connectivity index is 2.14. The second kappa shape index (κ2) is 4.90. The number of aromatic nitrogens is 2. The Bertz CT molecular complexity index is 1060. The molecule has 2 aromatic carbocycles. The van der Waals surface area contributed by atoms with Crippen LogP contribution in [-0.4, -0.2) is 9.55 Å². The normalized spacial score (nSPS) is 10.9. The summed E-state index contributed by atoms with van der Waals surface area (Å²) in [6, 6.07) is 18.0. The van der Waals surface area contributed by atoms with E-state index in [1.165, 1.54) is 0 Å². The van der Waals surface area contributed by atoms with Crippen molar-refractivity contribution in [2.75, 3.05) is 0 Å². The van der Waals surface area contributed by atoms with Gasteiger partial charge in [0.05, 0.1) is 27.9 Å². The van der Waals surface area contributed by atoms with Gasteiger partial charge in [0.1, 0.15) is 0 Å². The molecule has 3 nitrogen and oxygen atoms in total. The Kier molecular flexibility index (Phi) is 2.88. The fourth-order valence-corrected chi connectivity index (χ4v) is 3.22. The van der Waals surface area contributed by atoms with Crippen molar-refractivity contribution in [3.63, 3.8) is 0 Å². The molecule has 2 heterocycles. The maximum absolute atomic E-state index is 9.30. The molecule has 4 heteroatoms. The van der Waals surface area contributed by atoms with E-state index in [4.69, 9.17) is 0 Å². The zero-order chi connectivity index (χ0) is 15.1. The molecule has 22 heavy (non-hydrogen) atoms. The van der Waals surface area contributed by atoms with Gasteiger partial charge in [-0.1, -0.05) is 24.3 Å². The van der Waals surface area contributed by atoms with Gasteiger partial charge in [-0.05, 0) is 24.3 Å². The fourth-order valence-electron chi connectivity index (χ4n) is 2.87. The minimum Gasteiger partial charge on any atom is -0.304 e. The molecule has 4 aromatic rings. The number of hydrogen-bond acceptors (Lipinski definition) is 3. The third-order valence-electron chi connectivity index (χ3n) is 3.84. The maximum Gasteiger partial charge on any atom is 0.0998 e. The number of nitrogens with zero attached hydrogens (tertiary/aromatic N) is 3. The third kappa shape index (κ3) is 1.80. The Hall–Kier alpha value is -2.77. The van der Waals surface area contributed by atoms with Crippen LogP contribution in [0.3, 0.4) is 0 Å². The van der Waals surface area contributed by atoms with Crippen molar-refractivity contribution < 1.29 is 0 Å². The lowest BCUT2D eigenvalue weighted by Crippen LogP contribution is -1.96. The summed E-state index contributed by atoms with van der Waals surface area (Å²) < 4.78 is 2.09. The molecule has 104 valence electrons. The van der Waals surface area contributed by atoms with Gasteiger partial charge in [-0.25, -0.2) is 0 Å². The van der Waals surface area contributed by atoms with Crippen LogP contribution >= 0.6 is 12.6 Å². The van der Waals surface area contributed by atoms with Crippen LogP contribution < -0.4 is 0 Å². The van der Waals surface area contributed by atoms with E-state index in [2.05, 4.69) is 28.2 Å². The molecule has 0 spiro atoms. The number of fused-ring (bicyclic) bond motifs is 2. The van der Waals surface area contributed by atoms with Crippen molar-refractivity contribution in [1.29, 1.82) is 5.26 Å². The molecular weight excluding hydrogens is 290 g/mol. The quantitative estimate of drug-likeness (QED) is 0.531. The number of thiol groups is 1. The standard InChI is InChI=1S/C18H11N3S/c19-10-12-5-6-17(15-4-2-1-3-14(12)15)21-16-7-8-20-11-13(16)9-18(21)22/h1-9,11,22H. The first kappa shape index (κ1) is 12.9. The van der Waals surface area contributed by atoms with Crippen LogP contribution in [0.1, 0.15) is 5.56 Å². The van der Waals surface area contributed by atoms with Gasteiger partial charge in [0, 0.05) is 28.6 Å². The first-order valence-electron chi connectivity index (χ1n) is 6.86. The fraction of sp³-hybridized carbons (Fsp3) is 0. The molecule has 0 bridgehead atoms. The summed E-state index contributed by atoms with van der Waals surface area (Å²) >= 11 is 4.61. The van der Waals surface area contributed by atoms with E-state index in [1.54, 1.807) is 6.20 Å². The summed E-state index contributed by atoms with van der Waals surface area (Å²) in [4.78, 5) is 4.16. The van der Waals surface area contributed by atoms with Crippen molar-refractivity contribution >= 4 is 34.3 Å². The third-order valence-corrected chi connectivity index (χ3v) is 4.17. The Morgan fingerprint density at radius 1 is 1.05 bits per heavy atom. The molecule has 0 saturated carbocycles. The van der Waals surface area contributed by atoms with Gasteiger partial charge >= 0.3 is 0 Å². The Morgan fingerprint density at radius 2 is 1.86 bits per heavy atom. The zero-order valence-corrected chi connectivity index (χ0v) is 12.5. The van der Waals surface area contributed by atoms with Gasteiger partial charge in [-0.3, -0.25) is 4.98 Å². The summed E-state index contributed by atoms with van der Waals surface area (Å²) in [6.07, 6.45) is 3.61. The molecule has 0 unspecified atom stereocenters. The van der Waals surface area contributed by atoms with Crippen molar-refractivity contribution in [3.8, 4) is 11.8 Å². The molecular formula is C18H11N3S. The average Bonchev–Trinajstić information content (AvgIpc) is 2.89. The first-order chi connectivity index (χ1) is 10.8. The van der Waals surface area contributed by atoms with E-state index < -0.39 is 0 Å². The summed E-state index contributed by atoms with van der Waals surface area (Å²) in [6.45, 7) is 0. The van der Waals surface area contributed by atoms with Crippen LogP contribution in [0.5, 0.6) is 0 Å². The summed E-state index contributed by atoms with van der Waals surface area (Å²) in [7, 11) is 0. The monoisotopic (exact) mass is 301 g/mol. The van der Waals surface area contributed by atoms with Crippen LogP contribution in [-0.2, 0) is 0 Å². The Morgan fingerprint density at radius 3 is 2.68 bits per heavy atom. The maximum atomic E-state index is 9.30. The predicted octanol–water partition coefficient (Wildman–Crippen LogP) is 4.34. The van der Waals surface area contributed by atoms with E-state index >= 15 is 0 Å². The molecule has 0 saturated heterocycles. The van der Waals surface area contributed by atoms with E-state index in [-0.39, 0.29) is 0 Å². The number of hydrogen-bond donors (Lipinski definition) is 1. The number of rotatable bonds is 1. The van der Waals surface area contributed by atoms with Crippen molar-refractivity contribution in [3.05, 3.63) is 66.5 Å². The molecule has 2 aromatic heterocycles. The topological polar surface area (TPSA) is 41.6 Å². The summed E-state index contributed by atoms with van der Waals surface area (Å²) in [5.74, 6) is 0. The van der Waals surface area contributed by atoms with E-state index in [0.29, 0.717) is 5.56 Å². The Labute approximate surface area is 132 Å². The smallest absolute Gasteiger partial charge is 0.0998 e. The molecule has 0 atom stereocenters. The van der Waals surface area contributed by atoms with Crippen molar-refractivity contribution in [1.82, 2.24) is 9.55 Å². The second-order valence-corrected chi connectivity index (χ2v) is 5.52. The van der Waals surface area contributed by atoms with Crippen LogP contribution in [0.4, 0.5) is 0 Å². The van der Waals surface area contributed by atoms with E-state index in [1.807, 2.05) is 54.7 Å². The van der Waals surface area contributed by atoms with Gasteiger partial charge < -0.3 is 4.57 Å². The summed E-state index contributed by atoms with van der Waals surface area (Å²) in [5, 5.41) is 13.2. The van der Waals surface area contributed by atoms with Gasteiger partial charge in [0.25, 0.3) is 0 Å². The van der Waals surface area contributed by atoms with Gasteiger partial charge in [0.15, 0.2) is 0 Å². The lowest BCUT2D eigenvalue weighted by atomic mass is 10.0. The lowest BCUT2D eigenvalue weighted by molar-refractivity contribution is 1.01. The molecule has 0 aliphatic heterocycles. The number of benzene rings is 2. The highest BCUT2D eigenvalue weighted by atomic mass is 32.1. The van der Waals surface area contributed by atoms with Crippen LogP contribution in [0.15, 0.2) is 66.0 Å². The van der Waals surface area contributed by atoms with E-state index in [9.17, 15) is 5.26 Å². The molecule has 0 radical (unpaired) electrons. The van der Waals surface area contributed by atoms with Crippen molar-refractivity contribution in [2.24, 2.45) is 0 Å². The average molecular weight is 301 g/mol. The van der Waals surface area contributed by atoms with E-state index in [0.717, 1.165) is 32.4 Å². The highest BCUT2D eigenvalue weighted by molar-refractivity contribution is 7.80. The molecule has 0 amide bonds. The van der Waals surface area contributed by atoms with Gasteiger partial charge in [0.2, 0.25) is 0 Å². The molecule has 0 N–H and O–H groups in total. The molecule has 4 rings (SSSR count). The SMILES string of the molecule is N#Cc1ccc(-n2c(S)cc3cnccc32)c2ccccc12. The zero-order valence-electron chi connectivity index (χ0n) is 11.6. The molecule has 0 aliphatic carbocycles. The highest BCUT2D eigenvalue weighted by Crippen LogP contribution is 2.31. The highest BCUT2D eigenvalue weighted by Gasteiger charge is 2.12. The lowest BCUT2D eigenvalue weighted by Gasteiger charge is -2.12. The van der Waals surface area contributed by atoms with Crippen LogP contribution in [0.25, 0.3) is 27.4 Å². The van der Waals surface area contributed by atoms with Crippen molar-refractivity contribution in [2.45, 2.75) is 5.03 Å².